The molecule has 0 aliphatic carbocycles. The molecule has 0 saturated heterocycles. The second-order valence-electron chi connectivity index (χ2n) is 6.86. The molecule has 0 unspecified atom stereocenters. The first kappa shape index (κ1) is 23.3. The van der Waals surface area contributed by atoms with Gasteiger partial charge in [-0.25, -0.2) is 9.59 Å². The molecule has 0 atom stereocenters. The number of carbonyl (C=O) groups excluding carboxylic acids is 3. The van der Waals surface area contributed by atoms with Crippen LogP contribution < -0.4 is 0 Å². The summed E-state index contributed by atoms with van der Waals surface area (Å²) in [5.74, 6) is -0.205. The number of Topliss-reactive ketones (excluding diaryl/α,β-unsaturated/α-hetero) is 1. The van der Waals surface area contributed by atoms with Crippen molar-refractivity contribution >= 4 is 29.5 Å². The Morgan fingerprint density at radius 1 is 1.09 bits per heavy atom. The normalized spacial score (nSPS) is 10.8. The molecule has 32 heavy (non-hydrogen) atoms. The Labute approximate surface area is 188 Å². The van der Waals surface area contributed by atoms with E-state index in [2.05, 4.69) is 15.1 Å². The first-order valence-electron chi connectivity index (χ1n) is 9.89. The second kappa shape index (κ2) is 10.3. The molecule has 3 aromatic rings. The van der Waals surface area contributed by atoms with Crippen molar-refractivity contribution in [3.63, 3.8) is 0 Å². The minimum absolute atomic E-state index is 0.216. The van der Waals surface area contributed by atoms with Crippen LogP contribution in [0.3, 0.4) is 0 Å². The van der Waals surface area contributed by atoms with E-state index in [4.69, 9.17) is 14.0 Å². The van der Waals surface area contributed by atoms with Crippen molar-refractivity contribution in [1.82, 2.24) is 15.1 Å². The molecule has 0 aliphatic rings. The van der Waals surface area contributed by atoms with Crippen molar-refractivity contribution in [3.05, 3.63) is 64.1 Å². The second-order valence-corrected chi connectivity index (χ2v) is 7.88. The highest BCUT2D eigenvalue weighted by Gasteiger charge is 2.24. The Kier molecular flexibility index (Phi) is 7.47. The number of hydrogen-bond donors (Lipinski definition) is 1. The Balaban J connectivity index is 1.67. The van der Waals surface area contributed by atoms with Gasteiger partial charge in [0.2, 0.25) is 11.7 Å². The van der Waals surface area contributed by atoms with Gasteiger partial charge in [-0.3, -0.25) is 4.79 Å². The van der Waals surface area contributed by atoms with E-state index < -0.39 is 24.3 Å². The van der Waals surface area contributed by atoms with Gasteiger partial charge in [0.15, 0.2) is 12.4 Å². The van der Waals surface area contributed by atoms with Crippen LogP contribution in [0.5, 0.6) is 0 Å². The Hall–Kier alpha value is -3.40. The number of hydrogen-bond acceptors (Lipinski definition) is 9. The van der Waals surface area contributed by atoms with Crippen molar-refractivity contribution in [2.24, 2.45) is 0 Å². The van der Waals surface area contributed by atoms with Gasteiger partial charge >= 0.3 is 11.9 Å². The van der Waals surface area contributed by atoms with Gasteiger partial charge < -0.3 is 19.0 Å². The van der Waals surface area contributed by atoms with Crippen LogP contribution in [0.2, 0.25) is 0 Å². The van der Waals surface area contributed by atoms with E-state index in [0.717, 1.165) is 0 Å². The third-order valence-electron chi connectivity index (χ3n) is 4.56. The monoisotopic (exact) mass is 457 g/mol. The molecule has 168 valence electrons. The average molecular weight is 458 g/mol. The molecule has 0 amide bonds. The number of rotatable bonds is 9. The van der Waals surface area contributed by atoms with Crippen molar-refractivity contribution in [3.8, 4) is 0 Å². The van der Waals surface area contributed by atoms with E-state index in [-0.39, 0.29) is 12.3 Å². The lowest BCUT2D eigenvalue weighted by Gasteiger charge is -2.08. The summed E-state index contributed by atoms with van der Waals surface area (Å²) in [7, 11) is 0. The molecular formula is C22H23N3O6S. The maximum atomic E-state index is 12.7. The van der Waals surface area contributed by atoms with E-state index in [9.17, 15) is 14.4 Å². The zero-order valence-electron chi connectivity index (χ0n) is 18.2. The molecule has 0 aliphatic heterocycles. The van der Waals surface area contributed by atoms with Gasteiger partial charge in [-0.2, -0.15) is 4.98 Å². The van der Waals surface area contributed by atoms with Gasteiger partial charge in [0.05, 0.1) is 29.2 Å². The van der Waals surface area contributed by atoms with Crippen LogP contribution in [0, 0.1) is 20.8 Å². The Bertz CT molecular complexity index is 1150. The van der Waals surface area contributed by atoms with Gasteiger partial charge in [-0.05, 0) is 45.4 Å². The van der Waals surface area contributed by atoms with Crippen LogP contribution in [0.25, 0.3) is 0 Å². The largest absolute Gasteiger partial charge is 0.462 e. The molecule has 10 heteroatoms. The molecule has 0 saturated carbocycles. The summed E-state index contributed by atoms with van der Waals surface area (Å²) in [4.78, 5) is 45.1. The van der Waals surface area contributed by atoms with Crippen LogP contribution in [-0.4, -0.2) is 46.1 Å². The number of aromatic nitrogens is 3. The summed E-state index contributed by atoms with van der Waals surface area (Å²) < 4.78 is 15.4. The maximum Gasteiger partial charge on any atom is 0.340 e. The summed E-state index contributed by atoms with van der Waals surface area (Å²) in [6.45, 7) is 6.52. The van der Waals surface area contributed by atoms with Crippen molar-refractivity contribution in [2.45, 2.75) is 38.3 Å². The summed E-state index contributed by atoms with van der Waals surface area (Å²) in [6.07, 6.45) is 0. The first-order chi connectivity index (χ1) is 15.3. The lowest BCUT2D eigenvalue weighted by molar-refractivity contribution is 0.0469. The molecule has 9 nitrogen and oxygen atoms in total. The van der Waals surface area contributed by atoms with E-state index in [1.54, 1.807) is 52.0 Å². The molecule has 1 aromatic carbocycles. The highest BCUT2D eigenvalue weighted by atomic mass is 32.2. The van der Waals surface area contributed by atoms with Crippen LogP contribution in [0.4, 0.5) is 0 Å². The Morgan fingerprint density at radius 3 is 2.53 bits per heavy atom. The quantitative estimate of drug-likeness (QED) is 0.290. The SMILES string of the molecule is CCOC(=O)c1c(C)[nH]c(C(=O)COC(=O)c2ccccc2SCc2nc(C)no2)c1C. The number of thioether (sulfide) groups is 1. The van der Waals surface area contributed by atoms with Gasteiger partial charge in [-0.15, -0.1) is 11.8 Å². The van der Waals surface area contributed by atoms with Crippen molar-refractivity contribution in [2.75, 3.05) is 13.2 Å². The van der Waals surface area contributed by atoms with E-state index in [1.807, 2.05) is 0 Å². The van der Waals surface area contributed by atoms with Gasteiger partial charge in [0, 0.05) is 10.6 Å². The Morgan fingerprint density at radius 2 is 1.84 bits per heavy atom. The lowest BCUT2D eigenvalue weighted by atomic mass is 10.1. The van der Waals surface area contributed by atoms with E-state index >= 15 is 0 Å². The fourth-order valence-corrected chi connectivity index (χ4v) is 4.00. The number of aromatic amines is 1. The third-order valence-corrected chi connectivity index (χ3v) is 5.62. The molecule has 0 bridgehead atoms. The minimum Gasteiger partial charge on any atom is -0.462 e. The first-order valence-corrected chi connectivity index (χ1v) is 10.9. The summed E-state index contributed by atoms with van der Waals surface area (Å²) >= 11 is 1.35. The fraction of sp³-hybridized carbons (Fsp3) is 0.318. The molecule has 0 radical (unpaired) electrons. The highest BCUT2D eigenvalue weighted by molar-refractivity contribution is 7.98. The van der Waals surface area contributed by atoms with Crippen molar-refractivity contribution in [1.29, 1.82) is 0 Å². The number of nitrogens with zero attached hydrogens (tertiary/aromatic N) is 2. The zero-order chi connectivity index (χ0) is 23.3. The third kappa shape index (κ3) is 5.25. The summed E-state index contributed by atoms with van der Waals surface area (Å²) in [5, 5.41) is 3.74. The number of ether oxygens (including phenoxy) is 2. The number of nitrogens with one attached hydrogen (secondary N) is 1. The topological polar surface area (TPSA) is 124 Å². The van der Waals surface area contributed by atoms with Crippen molar-refractivity contribution < 1.29 is 28.4 Å². The molecule has 0 fully saturated rings. The summed E-state index contributed by atoms with van der Waals surface area (Å²) in [6, 6.07) is 6.91. The number of aryl methyl sites for hydroxylation is 2. The molecule has 2 heterocycles. The maximum absolute atomic E-state index is 12.7. The van der Waals surface area contributed by atoms with Crippen LogP contribution in [-0.2, 0) is 15.2 Å². The van der Waals surface area contributed by atoms with Crippen LogP contribution in [0.1, 0.15) is 61.1 Å². The molecule has 1 N–H and O–H groups in total. The van der Waals surface area contributed by atoms with Crippen LogP contribution in [0.15, 0.2) is 33.7 Å². The van der Waals surface area contributed by atoms with E-state index in [0.29, 0.717) is 44.7 Å². The predicted octanol–water partition coefficient (Wildman–Crippen LogP) is 3.83. The number of H-pyrrole nitrogens is 1. The number of ketones is 1. The van der Waals surface area contributed by atoms with Gasteiger partial charge in [-0.1, -0.05) is 17.3 Å². The number of carbonyl (C=O) groups is 3. The fourth-order valence-electron chi connectivity index (χ4n) is 3.12. The standard InChI is InChI=1S/C22H23N3O6S/c1-5-29-22(28)19-12(2)20(23-13(19)3)16(26)10-30-21(27)15-8-6-7-9-17(15)32-11-18-24-14(4)25-31-18/h6-9,23H,5,10-11H2,1-4H3. The predicted molar refractivity (Wildman–Crippen MR) is 116 cm³/mol. The smallest absolute Gasteiger partial charge is 0.340 e. The number of esters is 2. The zero-order valence-corrected chi connectivity index (χ0v) is 19.0. The molecular weight excluding hydrogens is 434 g/mol. The number of benzene rings is 1. The molecule has 3 rings (SSSR count). The average Bonchev–Trinajstić information content (AvgIpc) is 3.32. The lowest BCUT2D eigenvalue weighted by Crippen LogP contribution is -2.16. The summed E-state index contributed by atoms with van der Waals surface area (Å²) in [5.41, 5.74) is 1.85. The van der Waals surface area contributed by atoms with E-state index in [1.165, 1.54) is 11.8 Å². The highest BCUT2D eigenvalue weighted by Crippen LogP contribution is 2.26. The van der Waals surface area contributed by atoms with Gasteiger partial charge in [0.1, 0.15) is 0 Å². The molecule has 2 aromatic heterocycles. The van der Waals surface area contributed by atoms with Gasteiger partial charge in [0.25, 0.3) is 0 Å². The van der Waals surface area contributed by atoms with Crippen LogP contribution >= 0.6 is 11.8 Å². The minimum atomic E-state index is -0.630. The molecule has 0 spiro atoms.